The van der Waals surface area contributed by atoms with Gasteiger partial charge in [-0.1, -0.05) is 0 Å². The van der Waals surface area contributed by atoms with Gasteiger partial charge in [-0.25, -0.2) is 0 Å². The molecule has 0 amide bonds. The minimum absolute atomic E-state index is 0. The maximum atomic E-state index is 8.64. The van der Waals surface area contributed by atoms with E-state index in [1.807, 2.05) is 0 Å². The Morgan fingerprint density at radius 3 is 0.667 bits per heavy atom. The van der Waals surface area contributed by atoms with Crippen molar-refractivity contribution in [1.29, 1.82) is 0 Å². The van der Waals surface area contributed by atoms with Crippen LogP contribution in [0.3, 0.4) is 0 Å². The van der Waals surface area contributed by atoms with Crippen LogP contribution >= 0.6 is 0 Å². The van der Waals surface area contributed by atoms with E-state index >= 15 is 0 Å². The van der Waals surface area contributed by atoms with Crippen LogP contribution < -0.4 is 138 Å². The molecule has 48 valence electrons. The fourth-order valence-corrected chi connectivity index (χ4v) is 0. The van der Waals surface area contributed by atoms with Crippen molar-refractivity contribution < 1.29 is 148 Å². The van der Waals surface area contributed by atoms with Crippen molar-refractivity contribution >= 4 is 14.6 Å². The first-order valence-corrected chi connectivity index (χ1v) is 1.46. The van der Waals surface area contributed by atoms with Gasteiger partial charge in [-0.2, -0.15) is 0 Å². The van der Waals surface area contributed by atoms with Crippen molar-refractivity contribution in [2.75, 3.05) is 0 Å². The molecule has 0 aromatic heterocycles. The number of hydrogen-bond donors (Lipinski definition) is 2. The SMILES string of the molecule is [Na+].[Na+].[Na+].[Na+].[O-]B(O)O.[O-]B([O-])[O-]. The van der Waals surface area contributed by atoms with Crippen molar-refractivity contribution in [3.63, 3.8) is 0 Å². The second-order valence-electron chi connectivity index (χ2n) is 0.615. The summed E-state index contributed by atoms with van der Waals surface area (Å²) in [5.41, 5.74) is 0. The normalized spacial score (nSPS) is 4.50. The Bertz CT molecular complexity index is 33.0. The molecule has 0 aromatic carbocycles. The van der Waals surface area contributed by atoms with E-state index < -0.39 is 14.6 Å². The van der Waals surface area contributed by atoms with Gasteiger partial charge in [0.25, 0.3) is 0 Å². The Balaban J connectivity index is -0.0000000112. The van der Waals surface area contributed by atoms with Crippen molar-refractivity contribution in [2.24, 2.45) is 0 Å². The van der Waals surface area contributed by atoms with E-state index in [4.69, 9.17) is 30.1 Å². The van der Waals surface area contributed by atoms with Crippen LogP contribution in [0.1, 0.15) is 0 Å². The summed E-state index contributed by atoms with van der Waals surface area (Å²) < 4.78 is 0. The quantitative estimate of drug-likeness (QED) is 0.382. The molecule has 0 heterocycles. The zero-order chi connectivity index (χ0) is 7.15. The number of hydrogen-bond acceptors (Lipinski definition) is 6. The van der Waals surface area contributed by atoms with Crippen molar-refractivity contribution in [2.45, 2.75) is 0 Å². The van der Waals surface area contributed by atoms with Gasteiger partial charge in [0.15, 0.2) is 0 Å². The summed E-state index contributed by atoms with van der Waals surface area (Å²) in [7, 11) is -5.33. The van der Waals surface area contributed by atoms with Gasteiger partial charge < -0.3 is 30.1 Å². The molecule has 0 fully saturated rings. The van der Waals surface area contributed by atoms with Gasteiger partial charge in [0.1, 0.15) is 0 Å². The van der Waals surface area contributed by atoms with Crippen molar-refractivity contribution in [3.8, 4) is 0 Å². The van der Waals surface area contributed by atoms with Crippen LogP contribution in [0.25, 0.3) is 0 Å². The minimum Gasteiger partial charge on any atom is -0.907 e. The molecule has 0 aliphatic rings. The largest absolute Gasteiger partial charge is 1.00 e. The third-order valence-electron chi connectivity index (χ3n) is 0. The first kappa shape index (κ1) is 36.0. The molecular formula is H2B2Na4O6. The van der Waals surface area contributed by atoms with Crippen LogP contribution in [-0.2, 0) is 0 Å². The molecule has 6 nitrogen and oxygen atoms in total. The Kier molecular flexibility index (Phi) is 88.2. The van der Waals surface area contributed by atoms with Crippen LogP contribution in [0.4, 0.5) is 0 Å². The van der Waals surface area contributed by atoms with E-state index in [1.165, 1.54) is 0 Å². The Morgan fingerprint density at radius 2 is 0.667 bits per heavy atom. The maximum absolute atomic E-state index is 8.64. The molecule has 0 spiro atoms. The van der Waals surface area contributed by atoms with E-state index in [-0.39, 0.29) is 118 Å². The maximum Gasteiger partial charge on any atom is 1.00 e. The monoisotopic (exact) mass is 212 g/mol. The molecule has 0 rings (SSSR count). The van der Waals surface area contributed by atoms with E-state index in [0.717, 1.165) is 0 Å². The van der Waals surface area contributed by atoms with Crippen LogP contribution in [0.2, 0.25) is 0 Å². The van der Waals surface area contributed by atoms with Crippen LogP contribution in [0.15, 0.2) is 0 Å². The zero-order valence-electron chi connectivity index (χ0n) is 7.68. The first-order chi connectivity index (χ1) is 3.46. The molecule has 12 heteroatoms. The van der Waals surface area contributed by atoms with Gasteiger partial charge in [0.2, 0.25) is 0 Å². The second-order valence-corrected chi connectivity index (χ2v) is 0.615. The fraction of sp³-hybridized carbons (Fsp3) is 0. The molecule has 0 unspecified atom stereocenters. The standard InChI is InChI=1S/BH2O3.BO3.4Na/c2*2-1(3)4;;;;/h2-3H;;;;;/q-1;-3;4*+1. The molecular weight excluding hydrogens is 210 g/mol. The Hall–Kier alpha value is 3.89. The third-order valence-corrected chi connectivity index (χ3v) is 0. The smallest absolute Gasteiger partial charge is 0.907 e. The summed E-state index contributed by atoms with van der Waals surface area (Å²) in [5, 5.41) is 48.0. The van der Waals surface area contributed by atoms with Gasteiger partial charge in [0.05, 0.1) is 0 Å². The zero-order valence-corrected chi connectivity index (χ0v) is 15.7. The van der Waals surface area contributed by atoms with Gasteiger partial charge in [-0.3, -0.25) is 7.32 Å². The number of rotatable bonds is 0. The average molecular weight is 212 g/mol. The summed E-state index contributed by atoms with van der Waals surface area (Å²) in [6, 6.07) is 0. The van der Waals surface area contributed by atoms with Gasteiger partial charge in [-0.15, -0.1) is 0 Å². The predicted octanol–water partition coefficient (Wildman–Crippen LogP) is -18.6. The molecule has 0 saturated heterocycles. The van der Waals surface area contributed by atoms with E-state index in [9.17, 15) is 0 Å². The molecule has 0 radical (unpaired) electrons. The van der Waals surface area contributed by atoms with Gasteiger partial charge in [-0.05, 0) is 0 Å². The first-order valence-electron chi connectivity index (χ1n) is 1.46. The van der Waals surface area contributed by atoms with E-state index in [1.54, 1.807) is 0 Å². The van der Waals surface area contributed by atoms with Crippen LogP contribution in [0.5, 0.6) is 0 Å². The second kappa shape index (κ2) is 29.4. The molecule has 0 bridgehead atoms. The fourth-order valence-electron chi connectivity index (χ4n) is 0. The Morgan fingerprint density at radius 1 is 0.667 bits per heavy atom. The Labute approximate surface area is 160 Å². The summed E-state index contributed by atoms with van der Waals surface area (Å²) in [6.07, 6.45) is 0. The molecule has 12 heavy (non-hydrogen) atoms. The minimum atomic E-state index is -2.92. The molecule has 0 aromatic rings. The van der Waals surface area contributed by atoms with Crippen molar-refractivity contribution in [3.05, 3.63) is 0 Å². The van der Waals surface area contributed by atoms with Crippen LogP contribution in [0, 0.1) is 0 Å². The molecule has 0 atom stereocenters. The van der Waals surface area contributed by atoms with Gasteiger partial charge >= 0.3 is 126 Å². The predicted molar refractivity (Wildman–Crippen MR) is 15.9 cm³/mol. The van der Waals surface area contributed by atoms with Crippen LogP contribution in [-0.4, -0.2) is 24.7 Å². The molecule has 2 N–H and O–H groups in total. The third kappa shape index (κ3) is 153. The van der Waals surface area contributed by atoms with E-state index in [0.29, 0.717) is 0 Å². The van der Waals surface area contributed by atoms with Crippen molar-refractivity contribution in [1.82, 2.24) is 0 Å². The average Bonchev–Trinajstić information content (AvgIpc) is 1.25. The molecule has 0 aliphatic carbocycles. The summed E-state index contributed by atoms with van der Waals surface area (Å²) in [5.74, 6) is 0. The summed E-state index contributed by atoms with van der Waals surface area (Å²) in [6.45, 7) is 0. The topological polar surface area (TPSA) is 133 Å². The molecule has 0 aliphatic heterocycles. The summed E-state index contributed by atoms with van der Waals surface area (Å²) in [4.78, 5) is 0. The molecule has 0 saturated carbocycles. The summed E-state index contributed by atoms with van der Waals surface area (Å²) >= 11 is 0. The van der Waals surface area contributed by atoms with Gasteiger partial charge in [0, 0.05) is 0 Å². The van der Waals surface area contributed by atoms with E-state index in [2.05, 4.69) is 0 Å².